The fraction of sp³-hybridized carbons (Fsp3) is 0.364. The van der Waals surface area contributed by atoms with E-state index >= 15 is 0 Å². The minimum absolute atomic E-state index is 0.0223. The average Bonchev–Trinajstić information content (AvgIpc) is 2.24. The maximum atomic E-state index is 13.4. The quantitative estimate of drug-likeness (QED) is 0.798. The van der Waals surface area contributed by atoms with Crippen molar-refractivity contribution < 1.29 is 13.5 Å². The van der Waals surface area contributed by atoms with Gasteiger partial charge >= 0.3 is 5.92 Å². The highest BCUT2D eigenvalue weighted by Gasteiger charge is 2.37. The van der Waals surface area contributed by atoms with E-state index in [2.05, 4.69) is 0 Å². The van der Waals surface area contributed by atoms with Crippen LogP contribution < -0.4 is 4.74 Å². The summed E-state index contributed by atoms with van der Waals surface area (Å²) in [5.41, 5.74) is 0.340. The Morgan fingerprint density at radius 2 is 2.00 bits per heavy atom. The van der Waals surface area contributed by atoms with Gasteiger partial charge in [-0.3, -0.25) is 0 Å². The molecule has 0 unspecified atom stereocenters. The van der Waals surface area contributed by atoms with E-state index in [0.29, 0.717) is 5.56 Å². The SMILES string of the molecule is COc1cc(C)c(Cl)c(C)c1C(F)(F)C#N. The maximum Gasteiger partial charge on any atom is 0.361 e. The predicted molar refractivity (Wildman–Crippen MR) is 57.0 cm³/mol. The van der Waals surface area contributed by atoms with E-state index < -0.39 is 11.5 Å². The Morgan fingerprint density at radius 3 is 2.44 bits per heavy atom. The number of hydrogen-bond donors (Lipinski definition) is 0. The molecule has 1 rings (SSSR count). The van der Waals surface area contributed by atoms with Crippen molar-refractivity contribution in [2.24, 2.45) is 0 Å². The molecule has 0 aliphatic carbocycles. The Kier molecular flexibility index (Phi) is 3.39. The predicted octanol–water partition coefficient (Wildman–Crippen LogP) is 3.58. The number of aryl methyl sites for hydroxylation is 1. The number of halogens is 3. The van der Waals surface area contributed by atoms with Crippen LogP contribution in [0.4, 0.5) is 8.78 Å². The second kappa shape index (κ2) is 4.26. The van der Waals surface area contributed by atoms with Gasteiger partial charge in [0.2, 0.25) is 0 Å². The highest BCUT2D eigenvalue weighted by molar-refractivity contribution is 6.32. The molecule has 1 aromatic rings. The third kappa shape index (κ3) is 1.96. The summed E-state index contributed by atoms with van der Waals surface area (Å²) < 4.78 is 31.7. The number of nitrogens with zero attached hydrogens (tertiary/aromatic N) is 1. The van der Waals surface area contributed by atoms with Gasteiger partial charge in [-0.2, -0.15) is 14.0 Å². The standard InChI is InChI=1S/C11H10ClF2NO/c1-6-4-8(16-3)9(7(2)10(6)12)11(13,14)5-15/h4H,1-3H3. The third-order valence-electron chi connectivity index (χ3n) is 2.32. The molecule has 0 N–H and O–H groups in total. The second-order valence-electron chi connectivity index (χ2n) is 3.40. The zero-order valence-electron chi connectivity index (χ0n) is 9.07. The minimum Gasteiger partial charge on any atom is -0.496 e. The van der Waals surface area contributed by atoms with Gasteiger partial charge in [-0.15, -0.1) is 0 Å². The van der Waals surface area contributed by atoms with E-state index in [1.54, 1.807) is 6.92 Å². The van der Waals surface area contributed by atoms with E-state index in [4.69, 9.17) is 21.6 Å². The van der Waals surface area contributed by atoms with Crippen LogP contribution in [0, 0.1) is 25.2 Å². The van der Waals surface area contributed by atoms with Crippen molar-refractivity contribution in [3.63, 3.8) is 0 Å². The summed E-state index contributed by atoms with van der Waals surface area (Å²) in [6.07, 6.45) is 0. The fourth-order valence-corrected chi connectivity index (χ4v) is 1.68. The van der Waals surface area contributed by atoms with E-state index in [1.807, 2.05) is 0 Å². The molecule has 0 bridgehead atoms. The molecule has 0 radical (unpaired) electrons. The summed E-state index contributed by atoms with van der Waals surface area (Å²) in [5, 5.41) is 8.68. The number of rotatable bonds is 2. The summed E-state index contributed by atoms with van der Waals surface area (Å²) in [5.74, 6) is -3.63. The summed E-state index contributed by atoms with van der Waals surface area (Å²) in [4.78, 5) is 0. The van der Waals surface area contributed by atoms with Crippen molar-refractivity contribution in [3.05, 3.63) is 27.8 Å². The van der Waals surface area contributed by atoms with E-state index in [-0.39, 0.29) is 16.3 Å². The molecule has 1 aromatic carbocycles. The molecule has 0 aliphatic heterocycles. The van der Waals surface area contributed by atoms with Crippen LogP contribution in [0.25, 0.3) is 0 Å². The van der Waals surface area contributed by atoms with Crippen molar-refractivity contribution >= 4 is 11.6 Å². The fourth-order valence-electron chi connectivity index (χ4n) is 1.53. The molecule has 0 amide bonds. The Hall–Kier alpha value is -1.34. The van der Waals surface area contributed by atoms with Crippen LogP contribution in [-0.4, -0.2) is 7.11 Å². The number of hydrogen-bond acceptors (Lipinski definition) is 2. The van der Waals surface area contributed by atoms with Crippen LogP contribution in [0.15, 0.2) is 6.07 Å². The zero-order valence-corrected chi connectivity index (χ0v) is 9.82. The van der Waals surface area contributed by atoms with Gasteiger partial charge in [-0.1, -0.05) is 11.6 Å². The van der Waals surface area contributed by atoms with Crippen molar-refractivity contribution in [3.8, 4) is 11.8 Å². The van der Waals surface area contributed by atoms with Crippen LogP contribution in [0.1, 0.15) is 16.7 Å². The normalized spacial score (nSPS) is 11.1. The van der Waals surface area contributed by atoms with Gasteiger partial charge in [0, 0.05) is 5.02 Å². The Bertz CT molecular complexity index is 466. The van der Waals surface area contributed by atoms with Crippen molar-refractivity contribution in [2.75, 3.05) is 7.11 Å². The van der Waals surface area contributed by atoms with Crippen molar-refractivity contribution in [1.82, 2.24) is 0 Å². The lowest BCUT2D eigenvalue weighted by atomic mass is 9.99. The molecule has 0 aromatic heterocycles. The molecule has 2 nitrogen and oxygen atoms in total. The van der Waals surface area contributed by atoms with E-state index in [9.17, 15) is 8.78 Å². The first-order chi connectivity index (χ1) is 7.35. The first-order valence-corrected chi connectivity index (χ1v) is 4.86. The van der Waals surface area contributed by atoms with Gasteiger partial charge in [0.25, 0.3) is 0 Å². The summed E-state index contributed by atoms with van der Waals surface area (Å²) in [6, 6.07) is 2.35. The van der Waals surface area contributed by atoms with E-state index in [0.717, 1.165) is 6.07 Å². The molecule has 0 spiro atoms. The molecule has 0 saturated heterocycles. The van der Waals surface area contributed by atoms with Gasteiger partial charge in [0.1, 0.15) is 11.8 Å². The monoisotopic (exact) mass is 245 g/mol. The summed E-state index contributed by atoms with van der Waals surface area (Å²) in [7, 11) is 1.28. The van der Waals surface area contributed by atoms with Crippen LogP contribution in [0.3, 0.4) is 0 Å². The van der Waals surface area contributed by atoms with Gasteiger partial charge < -0.3 is 4.74 Å². The van der Waals surface area contributed by atoms with Gasteiger partial charge in [0.05, 0.1) is 12.7 Å². The maximum absolute atomic E-state index is 13.4. The number of benzene rings is 1. The first kappa shape index (κ1) is 12.7. The van der Waals surface area contributed by atoms with Gasteiger partial charge in [-0.05, 0) is 31.0 Å². The molecule has 16 heavy (non-hydrogen) atoms. The molecular formula is C11H10ClF2NO. The van der Waals surface area contributed by atoms with E-state index in [1.165, 1.54) is 20.1 Å². The van der Waals surface area contributed by atoms with Crippen LogP contribution in [-0.2, 0) is 5.92 Å². The highest BCUT2D eigenvalue weighted by Crippen LogP contribution is 2.41. The van der Waals surface area contributed by atoms with Crippen LogP contribution >= 0.6 is 11.6 Å². The topological polar surface area (TPSA) is 33.0 Å². The lowest BCUT2D eigenvalue weighted by molar-refractivity contribution is 0.0576. The van der Waals surface area contributed by atoms with Crippen molar-refractivity contribution in [2.45, 2.75) is 19.8 Å². The Balaban J connectivity index is 3.62. The summed E-state index contributed by atoms with van der Waals surface area (Å²) in [6.45, 7) is 3.13. The number of methoxy groups -OCH3 is 1. The Morgan fingerprint density at radius 1 is 1.44 bits per heavy atom. The molecule has 0 heterocycles. The smallest absolute Gasteiger partial charge is 0.361 e. The van der Waals surface area contributed by atoms with Crippen LogP contribution in [0.5, 0.6) is 5.75 Å². The second-order valence-corrected chi connectivity index (χ2v) is 3.77. The zero-order chi connectivity index (χ0) is 12.5. The summed E-state index contributed by atoms with van der Waals surface area (Å²) >= 11 is 5.88. The number of alkyl halides is 2. The highest BCUT2D eigenvalue weighted by atomic mass is 35.5. The Labute approximate surface area is 97.4 Å². The molecule has 0 fully saturated rings. The molecule has 0 atom stereocenters. The third-order valence-corrected chi connectivity index (χ3v) is 2.90. The van der Waals surface area contributed by atoms with Crippen molar-refractivity contribution in [1.29, 1.82) is 5.26 Å². The lowest BCUT2D eigenvalue weighted by Gasteiger charge is -2.17. The van der Waals surface area contributed by atoms with Gasteiger partial charge in [0.15, 0.2) is 0 Å². The minimum atomic E-state index is -3.60. The number of nitriles is 1. The lowest BCUT2D eigenvalue weighted by Crippen LogP contribution is -2.14. The molecule has 5 heteroatoms. The molecule has 0 saturated carbocycles. The molecular weight excluding hydrogens is 236 g/mol. The average molecular weight is 246 g/mol. The number of ether oxygens (including phenoxy) is 1. The molecule has 86 valence electrons. The molecule has 0 aliphatic rings. The first-order valence-electron chi connectivity index (χ1n) is 4.48. The van der Waals surface area contributed by atoms with Gasteiger partial charge in [-0.25, -0.2) is 0 Å². The van der Waals surface area contributed by atoms with Crippen LogP contribution in [0.2, 0.25) is 5.02 Å². The largest absolute Gasteiger partial charge is 0.496 e.